The van der Waals surface area contributed by atoms with Gasteiger partial charge in [-0.1, -0.05) is 31.4 Å². The molecule has 0 fully saturated rings. The van der Waals surface area contributed by atoms with Crippen LogP contribution < -0.4 is 0 Å². The lowest BCUT2D eigenvalue weighted by Crippen LogP contribution is -1.85. The first kappa shape index (κ1) is 8.60. The topological polar surface area (TPSA) is 20.2 Å². The van der Waals surface area contributed by atoms with Gasteiger partial charge in [0.2, 0.25) is 0 Å². The fraction of sp³-hybridized carbons (Fsp3) is 0.0909. The van der Waals surface area contributed by atoms with E-state index >= 15 is 0 Å². The Bertz CT molecular complexity index is 291. The van der Waals surface area contributed by atoms with Crippen molar-refractivity contribution in [1.29, 1.82) is 0 Å². The van der Waals surface area contributed by atoms with Gasteiger partial charge >= 0.3 is 0 Å². The summed E-state index contributed by atoms with van der Waals surface area (Å²) < 4.78 is 0. The van der Waals surface area contributed by atoms with Crippen LogP contribution in [0.2, 0.25) is 0 Å². The second-order valence-corrected chi connectivity index (χ2v) is 2.64. The zero-order chi connectivity index (χ0) is 9.14. The summed E-state index contributed by atoms with van der Waals surface area (Å²) in [6, 6.07) is 3.53. The van der Waals surface area contributed by atoms with E-state index in [1.807, 2.05) is 13.0 Å². The number of hydrogen-bond donors (Lipinski definition) is 1. The maximum absolute atomic E-state index is 9.43. The molecule has 0 atom stereocenters. The van der Waals surface area contributed by atoms with Crippen LogP contribution in [0.5, 0.6) is 5.75 Å². The van der Waals surface area contributed by atoms with Crippen molar-refractivity contribution in [3.63, 3.8) is 0 Å². The monoisotopic (exact) mass is 160 g/mol. The lowest BCUT2D eigenvalue weighted by atomic mass is 10.0. The minimum atomic E-state index is 0.255. The van der Waals surface area contributed by atoms with Gasteiger partial charge in [-0.25, -0.2) is 0 Å². The van der Waals surface area contributed by atoms with Crippen LogP contribution in [-0.4, -0.2) is 5.11 Å². The van der Waals surface area contributed by atoms with Gasteiger partial charge in [-0.15, -0.1) is 0 Å². The van der Waals surface area contributed by atoms with Crippen LogP contribution in [0, 0.1) is 6.92 Å². The SMILES string of the molecule is C=Cc1c(C)ccc(O)c1C=C. The fourth-order valence-corrected chi connectivity index (χ4v) is 1.22. The Morgan fingerprint density at radius 1 is 1.17 bits per heavy atom. The molecule has 0 amide bonds. The largest absolute Gasteiger partial charge is 0.507 e. The smallest absolute Gasteiger partial charge is 0.123 e. The average Bonchev–Trinajstić information content (AvgIpc) is 2.08. The molecule has 62 valence electrons. The van der Waals surface area contributed by atoms with Crippen molar-refractivity contribution < 1.29 is 5.11 Å². The van der Waals surface area contributed by atoms with Crippen molar-refractivity contribution in [2.24, 2.45) is 0 Å². The van der Waals surface area contributed by atoms with E-state index < -0.39 is 0 Å². The maximum Gasteiger partial charge on any atom is 0.123 e. The van der Waals surface area contributed by atoms with E-state index in [1.165, 1.54) is 0 Å². The zero-order valence-electron chi connectivity index (χ0n) is 7.17. The molecule has 1 aromatic carbocycles. The van der Waals surface area contributed by atoms with Crippen molar-refractivity contribution >= 4 is 12.2 Å². The summed E-state index contributed by atoms with van der Waals surface area (Å²) >= 11 is 0. The highest BCUT2D eigenvalue weighted by atomic mass is 16.3. The second-order valence-electron chi connectivity index (χ2n) is 2.64. The Morgan fingerprint density at radius 3 is 2.17 bits per heavy atom. The van der Waals surface area contributed by atoms with Gasteiger partial charge in [-0.3, -0.25) is 0 Å². The minimum Gasteiger partial charge on any atom is -0.507 e. The van der Waals surface area contributed by atoms with Gasteiger partial charge in [0.15, 0.2) is 0 Å². The van der Waals surface area contributed by atoms with Gasteiger partial charge in [-0.05, 0) is 24.1 Å². The predicted octanol–water partition coefficient (Wildman–Crippen LogP) is 2.99. The summed E-state index contributed by atoms with van der Waals surface area (Å²) in [6.07, 6.45) is 3.37. The summed E-state index contributed by atoms with van der Waals surface area (Å²) in [6.45, 7) is 9.29. The number of aromatic hydroxyl groups is 1. The highest BCUT2D eigenvalue weighted by Crippen LogP contribution is 2.25. The average molecular weight is 160 g/mol. The van der Waals surface area contributed by atoms with E-state index in [4.69, 9.17) is 0 Å². The third kappa shape index (κ3) is 1.26. The Balaban J connectivity index is 3.48. The Hall–Kier alpha value is -1.50. The molecule has 0 saturated carbocycles. The number of phenolic OH excluding ortho intramolecular Hbond substituents is 1. The van der Waals surface area contributed by atoms with Crippen molar-refractivity contribution in [3.05, 3.63) is 42.0 Å². The molecule has 1 N–H and O–H groups in total. The van der Waals surface area contributed by atoms with Crippen LogP contribution >= 0.6 is 0 Å². The molecule has 0 heterocycles. The Morgan fingerprint density at radius 2 is 1.75 bits per heavy atom. The van der Waals surface area contributed by atoms with Gasteiger partial charge in [0.25, 0.3) is 0 Å². The molecule has 0 aliphatic heterocycles. The fourth-order valence-electron chi connectivity index (χ4n) is 1.22. The standard InChI is InChI=1S/C11H12O/c1-4-9-8(3)6-7-11(12)10(9)5-2/h4-7,12H,1-2H2,3H3. The molecule has 0 aliphatic carbocycles. The third-order valence-electron chi connectivity index (χ3n) is 1.89. The maximum atomic E-state index is 9.43. The predicted molar refractivity (Wildman–Crippen MR) is 53.0 cm³/mol. The van der Waals surface area contributed by atoms with E-state index in [0.717, 1.165) is 16.7 Å². The van der Waals surface area contributed by atoms with E-state index in [2.05, 4.69) is 13.2 Å². The normalized spacial score (nSPS) is 9.42. The summed E-state index contributed by atoms with van der Waals surface area (Å²) in [5.41, 5.74) is 2.80. The van der Waals surface area contributed by atoms with Crippen LogP contribution in [0.1, 0.15) is 16.7 Å². The molecule has 0 aromatic heterocycles. The van der Waals surface area contributed by atoms with Gasteiger partial charge in [0, 0.05) is 5.56 Å². The molecule has 0 spiro atoms. The van der Waals surface area contributed by atoms with Crippen molar-refractivity contribution in [2.45, 2.75) is 6.92 Å². The van der Waals surface area contributed by atoms with E-state index in [0.29, 0.717) is 0 Å². The lowest BCUT2D eigenvalue weighted by Gasteiger charge is -2.06. The van der Waals surface area contributed by atoms with Gasteiger partial charge in [0.1, 0.15) is 5.75 Å². The van der Waals surface area contributed by atoms with Gasteiger partial charge in [0.05, 0.1) is 0 Å². The second kappa shape index (κ2) is 3.26. The minimum absolute atomic E-state index is 0.255. The van der Waals surface area contributed by atoms with Crippen molar-refractivity contribution in [2.75, 3.05) is 0 Å². The molecule has 0 radical (unpaired) electrons. The summed E-state index contributed by atoms with van der Waals surface area (Å²) in [5, 5.41) is 9.43. The highest BCUT2D eigenvalue weighted by Gasteiger charge is 2.03. The molecule has 1 rings (SSSR count). The van der Waals surface area contributed by atoms with E-state index in [1.54, 1.807) is 18.2 Å². The zero-order valence-corrected chi connectivity index (χ0v) is 7.17. The quantitative estimate of drug-likeness (QED) is 0.705. The summed E-state index contributed by atoms with van der Waals surface area (Å²) in [4.78, 5) is 0. The third-order valence-corrected chi connectivity index (χ3v) is 1.89. The van der Waals surface area contributed by atoms with Crippen LogP contribution in [0.3, 0.4) is 0 Å². The van der Waals surface area contributed by atoms with Crippen molar-refractivity contribution in [3.8, 4) is 5.75 Å². The highest BCUT2D eigenvalue weighted by molar-refractivity contribution is 5.70. The van der Waals surface area contributed by atoms with Crippen LogP contribution in [-0.2, 0) is 0 Å². The molecule has 0 saturated heterocycles. The lowest BCUT2D eigenvalue weighted by molar-refractivity contribution is 0.474. The Labute approximate surface area is 72.7 Å². The van der Waals surface area contributed by atoms with Crippen molar-refractivity contribution in [1.82, 2.24) is 0 Å². The number of aryl methyl sites for hydroxylation is 1. The molecule has 1 nitrogen and oxygen atoms in total. The number of benzene rings is 1. The number of phenols is 1. The van der Waals surface area contributed by atoms with Gasteiger partial charge in [-0.2, -0.15) is 0 Å². The first-order valence-electron chi connectivity index (χ1n) is 3.78. The Kier molecular flexibility index (Phi) is 2.34. The first-order valence-corrected chi connectivity index (χ1v) is 3.78. The summed E-state index contributed by atoms with van der Waals surface area (Å²) in [7, 11) is 0. The molecular weight excluding hydrogens is 148 g/mol. The van der Waals surface area contributed by atoms with E-state index in [-0.39, 0.29) is 5.75 Å². The van der Waals surface area contributed by atoms with Crippen LogP contribution in [0.4, 0.5) is 0 Å². The molecule has 0 aliphatic rings. The van der Waals surface area contributed by atoms with E-state index in [9.17, 15) is 5.11 Å². The van der Waals surface area contributed by atoms with Crippen LogP contribution in [0.25, 0.3) is 12.2 Å². The molecular formula is C11H12O. The molecule has 1 heteroatoms. The first-order chi connectivity index (χ1) is 5.70. The number of rotatable bonds is 2. The van der Waals surface area contributed by atoms with Gasteiger partial charge < -0.3 is 5.11 Å². The molecule has 0 unspecified atom stereocenters. The molecule has 12 heavy (non-hydrogen) atoms. The number of hydrogen-bond acceptors (Lipinski definition) is 1. The summed E-state index contributed by atoms with van der Waals surface area (Å²) in [5.74, 6) is 0.255. The van der Waals surface area contributed by atoms with Crippen LogP contribution in [0.15, 0.2) is 25.3 Å². The molecule has 0 bridgehead atoms. The molecule has 1 aromatic rings.